The number of hydrogen-bond donors (Lipinski definition) is 0. The van der Waals surface area contributed by atoms with Crippen LogP contribution in [0.25, 0.3) is 16.7 Å². The van der Waals surface area contributed by atoms with Crippen LogP contribution in [0.5, 0.6) is 0 Å². The molecule has 4 nitrogen and oxygen atoms in total. The van der Waals surface area contributed by atoms with Crippen LogP contribution in [0.4, 0.5) is 13.2 Å². The second-order valence-electron chi connectivity index (χ2n) is 5.48. The molecule has 0 fully saturated rings. The zero-order chi connectivity index (χ0) is 17.5. The molecule has 0 bridgehead atoms. The van der Waals surface area contributed by atoms with Crippen LogP contribution >= 0.6 is 11.8 Å². The summed E-state index contributed by atoms with van der Waals surface area (Å²) in [5.74, 6) is 1.55. The summed E-state index contributed by atoms with van der Waals surface area (Å²) in [6.45, 7) is 2.80. The highest BCUT2D eigenvalue weighted by molar-refractivity contribution is 8.03. The molecule has 0 radical (unpaired) electrons. The third kappa shape index (κ3) is 2.90. The van der Waals surface area contributed by atoms with Crippen molar-refractivity contribution in [2.45, 2.75) is 13.1 Å². The highest BCUT2D eigenvalue weighted by atomic mass is 32.2. The van der Waals surface area contributed by atoms with Crippen LogP contribution in [0.2, 0.25) is 0 Å². The Morgan fingerprint density at radius 2 is 2.04 bits per heavy atom. The van der Waals surface area contributed by atoms with Gasteiger partial charge in [-0.25, -0.2) is 9.97 Å². The van der Waals surface area contributed by atoms with E-state index in [-0.39, 0.29) is 0 Å². The van der Waals surface area contributed by atoms with Crippen molar-refractivity contribution in [3.05, 3.63) is 40.8 Å². The van der Waals surface area contributed by atoms with E-state index in [1.54, 1.807) is 23.4 Å². The summed E-state index contributed by atoms with van der Waals surface area (Å²) in [4.78, 5) is 11.1. The van der Waals surface area contributed by atoms with Gasteiger partial charge < -0.3 is 9.47 Å². The molecule has 0 saturated heterocycles. The largest absolute Gasteiger partial charge is 0.433 e. The topological polar surface area (TPSA) is 34.0 Å². The first kappa shape index (κ1) is 16.9. The van der Waals surface area contributed by atoms with Crippen LogP contribution in [-0.4, -0.2) is 38.8 Å². The summed E-state index contributed by atoms with van der Waals surface area (Å²) in [6.07, 6.45) is 0.870. The van der Waals surface area contributed by atoms with E-state index in [0.717, 1.165) is 29.0 Å². The van der Waals surface area contributed by atoms with Crippen LogP contribution < -0.4 is 0 Å². The molecule has 1 aliphatic rings. The zero-order valence-corrected chi connectivity index (χ0v) is 14.4. The minimum Gasteiger partial charge on any atom is -0.367 e. The molecular weight excluding hydrogens is 337 g/mol. The molecule has 0 unspecified atom stereocenters. The Hall–Kier alpha value is -1.96. The molecule has 0 amide bonds. The summed E-state index contributed by atoms with van der Waals surface area (Å²) in [7, 11) is 3.75. The molecule has 0 aromatic carbocycles. The lowest BCUT2D eigenvalue weighted by Crippen LogP contribution is -2.22. The van der Waals surface area contributed by atoms with E-state index >= 15 is 0 Å². The Morgan fingerprint density at radius 1 is 1.29 bits per heavy atom. The molecular formula is C16H17F3N4S. The first-order chi connectivity index (χ1) is 11.3. The molecule has 8 heteroatoms. The Bertz CT molecular complexity index is 836. The maximum atomic E-state index is 12.9. The second kappa shape index (κ2) is 6.16. The van der Waals surface area contributed by atoms with Crippen molar-refractivity contribution in [1.29, 1.82) is 0 Å². The van der Waals surface area contributed by atoms with Crippen molar-refractivity contribution in [3.8, 4) is 0 Å². The van der Waals surface area contributed by atoms with Gasteiger partial charge in [0.1, 0.15) is 5.69 Å². The number of thioether (sulfide) groups is 1. The lowest BCUT2D eigenvalue weighted by molar-refractivity contribution is -0.141. The zero-order valence-electron chi connectivity index (χ0n) is 13.6. The highest BCUT2D eigenvalue weighted by Crippen LogP contribution is 2.34. The number of aromatic nitrogens is 3. The van der Waals surface area contributed by atoms with Crippen molar-refractivity contribution in [2.24, 2.45) is 7.05 Å². The highest BCUT2D eigenvalue weighted by Gasteiger charge is 2.33. The predicted octanol–water partition coefficient (Wildman–Crippen LogP) is 3.91. The normalized spacial score (nSPS) is 15.7. The van der Waals surface area contributed by atoms with E-state index < -0.39 is 11.9 Å². The monoisotopic (exact) mass is 354 g/mol. The average molecular weight is 354 g/mol. The quantitative estimate of drug-likeness (QED) is 0.837. The Kier molecular flexibility index (Phi) is 4.33. The lowest BCUT2D eigenvalue weighted by Gasteiger charge is -2.26. The minimum atomic E-state index is -4.47. The maximum absolute atomic E-state index is 12.9. The summed E-state index contributed by atoms with van der Waals surface area (Å²) in [6, 6.07) is 1.00. The van der Waals surface area contributed by atoms with Crippen LogP contribution in [-0.2, 0) is 13.2 Å². The van der Waals surface area contributed by atoms with Gasteiger partial charge in [0.2, 0.25) is 0 Å². The molecule has 0 spiro atoms. The van der Waals surface area contributed by atoms with Crippen LogP contribution in [0.1, 0.15) is 18.4 Å². The molecule has 3 rings (SSSR count). The standard InChI is InChI=1S/C16H17F3N4S/c1-4-24-12-6-5-7-22(2)14(12)15-21-10-8-13(16(17,18)19)20-9-11(10)23(15)3/h5-6,8-9H,4,7H2,1-3H3. The second-order valence-corrected chi connectivity index (χ2v) is 6.79. The molecule has 3 heterocycles. The van der Waals surface area contributed by atoms with Gasteiger partial charge in [0.25, 0.3) is 0 Å². The van der Waals surface area contributed by atoms with E-state index in [1.165, 1.54) is 6.20 Å². The predicted molar refractivity (Wildman–Crippen MR) is 90.3 cm³/mol. The number of rotatable bonds is 3. The van der Waals surface area contributed by atoms with Crippen molar-refractivity contribution in [1.82, 2.24) is 19.4 Å². The van der Waals surface area contributed by atoms with E-state index in [2.05, 4.69) is 27.9 Å². The first-order valence-electron chi connectivity index (χ1n) is 7.47. The number of allylic oxidation sites excluding steroid dienone is 1. The van der Waals surface area contributed by atoms with E-state index in [9.17, 15) is 13.2 Å². The third-order valence-electron chi connectivity index (χ3n) is 3.83. The molecule has 2 aromatic rings. The number of halogens is 3. The lowest BCUT2D eigenvalue weighted by atomic mass is 10.2. The number of hydrogen-bond acceptors (Lipinski definition) is 4. The van der Waals surface area contributed by atoms with Gasteiger partial charge in [-0.3, -0.25) is 0 Å². The van der Waals surface area contributed by atoms with Gasteiger partial charge >= 0.3 is 6.18 Å². The summed E-state index contributed by atoms with van der Waals surface area (Å²) in [5, 5.41) is 0. The molecule has 1 aliphatic heterocycles. The van der Waals surface area contributed by atoms with Gasteiger partial charge in [-0.1, -0.05) is 13.0 Å². The van der Waals surface area contributed by atoms with Crippen LogP contribution in [0, 0.1) is 0 Å². The number of nitrogens with zero attached hydrogens (tertiary/aromatic N) is 4. The number of likely N-dealkylation sites (N-methyl/N-ethyl adjacent to an activating group) is 1. The summed E-state index contributed by atoms with van der Waals surface area (Å²) in [5.41, 5.74) is 0.880. The Morgan fingerprint density at radius 3 is 2.71 bits per heavy atom. The number of pyridine rings is 1. The summed E-state index contributed by atoms with van der Waals surface area (Å²) >= 11 is 1.69. The fourth-order valence-corrected chi connectivity index (χ4v) is 3.57. The molecule has 0 aliphatic carbocycles. The van der Waals surface area contributed by atoms with Gasteiger partial charge in [0.15, 0.2) is 5.82 Å². The van der Waals surface area contributed by atoms with Gasteiger partial charge in [-0.2, -0.15) is 13.2 Å². The SMILES string of the molecule is CCSC1=C(c2nc3cc(C(F)(F)F)ncc3n2C)N(C)CC=C1. The van der Waals surface area contributed by atoms with Gasteiger partial charge in [-0.15, -0.1) is 11.8 Å². The number of fused-ring (bicyclic) bond motifs is 1. The van der Waals surface area contributed by atoms with Crippen molar-refractivity contribution in [3.63, 3.8) is 0 Å². The molecule has 2 aromatic heterocycles. The fraction of sp³-hybridized carbons (Fsp3) is 0.375. The number of alkyl halides is 3. The molecule has 128 valence electrons. The minimum absolute atomic E-state index is 0.297. The maximum Gasteiger partial charge on any atom is 0.433 e. The fourth-order valence-electron chi connectivity index (χ4n) is 2.68. The Balaban J connectivity index is 2.19. The van der Waals surface area contributed by atoms with E-state index in [1.807, 2.05) is 13.1 Å². The number of imidazole rings is 1. The first-order valence-corrected chi connectivity index (χ1v) is 8.46. The molecule has 0 N–H and O–H groups in total. The summed E-state index contributed by atoms with van der Waals surface area (Å²) < 4.78 is 40.4. The Labute approximate surface area is 142 Å². The van der Waals surface area contributed by atoms with Crippen molar-refractivity contribution >= 4 is 28.5 Å². The molecule has 24 heavy (non-hydrogen) atoms. The van der Waals surface area contributed by atoms with Gasteiger partial charge in [0.05, 0.1) is 22.9 Å². The van der Waals surface area contributed by atoms with E-state index in [0.29, 0.717) is 16.9 Å². The van der Waals surface area contributed by atoms with Crippen molar-refractivity contribution < 1.29 is 13.2 Å². The van der Waals surface area contributed by atoms with Gasteiger partial charge in [-0.05, 0) is 17.9 Å². The molecule has 0 saturated carbocycles. The van der Waals surface area contributed by atoms with Crippen molar-refractivity contribution in [2.75, 3.05) is 19.3 Å². The van der Waals surface area contributed by atoms with Crippen LogP contribution in [0.3, 0.4) is 0 Å². The van der Waals surface area contributed by atoms with E-state index in [4.69, 9.17) is 0 Å². The van der Waals surface area contributed by atoms with Gasteiger partial charge in [0, 0.05) is 25.5 Å². The third-order valence-corrected chi connectivity index (χ3v) is 4.76. The smallest absolute Gasteiger partial charge is 0.367 e. The average Bonchev–Trinajstić information content (AvgIpc) is 2.83. The van der Waals surface area contributed by atoms with Crippen LogP contribution in [0.15, 0.2) is 29.3 Å². The number of aryl methyl sites for hydroxylation is 1. The molecule has 0 atom stereocenters.